The van der Waals surface area contributed by atoms with Gasteiger partial charge in [0.1, 0.15) is 0 Å². The van der Waals surface area contributed by atoms with Gasteiger partial charge in [0.05, 0.1) is 5.88 Å². The quantitative estimate of drug-likeness (QED) is 0.732. The van der Waals surface area contributed by atoms with E-state index >= 15 is 0 Å². The number of aryl methyl sites for hydroxylation is 1. The molecule has 0 heterocycles. The second-order valence-electron chi connectivity index (χ2n) is 3.38. The second-order valence-corrected chi connectivity index (χ2v) is 3.65. The molecule has 0 unspecified atom stereocenters. The van der Waals surface area contributed by atoms with E-state index in [4.69, 9.17) is 11.6 Å². The summed E-state index contributed by atoms with van der Waals surface area (Å²) in [5.74, 6) is -5.43. The molecule has 0 saturated heterocycles. The normalized spacial score (nSPS) is 11.5. The van der Waals surface area contributed by atoms with Crippen molar-refractivity contribution >= 4 is 17.4 Å². The first-order valence-corrected chi connectivity index (χ1v) is 4.98. The van der Waals surface area contributed by atoms with Crippen LogP contribution in [-0.4, -0.2) is 11.7 Å². The molecule has 0 aliphatic heterocycles. The van der Waals surface area contributed by atoms with Gasteiger partial charge in [-0.05, 0) is 25.0 Å². The Bertz CT molecular complexity index is 388. The lowest BCUT2D eigenvalue weighted by Gasteiger charge is -2.17. The molecule has 0 N–H and O–H groups in total. The third kappa shape index (κ3) is 2.17. The number of benzene rings is 1. The van der Waals surface area contributed by atoms with E-state index in [9.17, 15) is 13.6 Å². The SMILES string of the molecule is Cc1cccc(C(F)(F)C(=O)CCl)c1C. The Morgan fingerprint density at radius 2 is 2.00 bits per heavy atom. The van der Waals surface area contributed by atoms with E-state index in [1.165, 1.54) is 12.1 Å². The minimum absolute atomic E-state index is 0.256. The maximum atomic E-state index is 13.6. The number of hydrogen-bond donors (Lipinski definition) is 0. The molecule has 0 saturated carbocycles. The molecule has 1 aromatic carbocycles. The highest BCUT2D eigenvalue weighted by molar-refractivity contribution is 6.28. The molecule has 0 radical (unpaired) electrons. The van der Waals surface area contributed by atoms with Gasteiger partial charge in [0.25, 0.3) is 0 Å². The highest BCUT2D eigenvalue weighted by atomic mass is 35.5. The number of Topliss-reactive ketones (excluding diaryl/α,β-unsaturated/α-hetero) is 1. The van der Waals surface area contributed by atoms with Crippen molar-refractivity contribution in [2.24, 2.45) is 0 Å². The molecule has 82 valence electrons. The van der Waals surface area contributed by atoms with Gasteiger partial charge >= 0.3 is 5.92 Å². The first-order chi connectivity index (χ1) is 6.91. The van der Waals surface area contributed by atoms with Gasteiger partial charge in [-0.15, -0.1) is 11.6 Å². The average molecular weight is 233 g/mol. The Morgan fingerprint density at radius 1 is 1.40 bits per heavy atom. The number of carbonyl (C=O) groups excluding carboxylic acids is 1. The third-order valence-corrected chi connectivity index (χ3v) is 2.66. The summed E-state index contributed by atoms with van der Waals surface area (Å²) in [6, 6.07) is 4.49. The van der Waals surface area contributed by atoms with Crippen LogP contribution in [-0.2, 0) is 10.7 Å². The first-order valence-electron chi connectivity index (χ1n) is 4.45. The van der Waals surface area contributed by atoms with Gasteiger partial charge < -0.3 is 0 Å². The number of halogens is 3. The van der Waals surface area contributed by atoms with Crippen LogP contribution in [0.1, 0.15) is 16.7 Å². The van der Waals surface area contributed by atoms with Gasteiger partial charge in [0.2, 0.25) is 5.78 Å². The monoisotopic (exact) mass is 232 g/mol. The molecule has 1 aromatic rings. The molecule has 4 heteroatoms. The van der Waals surface area contributed by atoms with Crippen LogP contribution in [0, 0.1) is 13.8 Å². The van der Waals surface area contributed by atoms with Gasteiger partial charge in [-0.3, -0.25) is 4.79 Å². The summed E-state index contributed by atoms with van der Waals surface area (Å²) in [6.07, 6.45) is 0. The predicted octanol–water partition coefficient (Wildman–Crippen LogP) is 3.20. The number of ketones is 1. The Kier molecular flexibility index (Phi) is 3.45. The Hall–Kier alpha value is -0.960. The molecule has 0 aromatic heterocycles. The molecule has 0 aliphatic rings. The minimum Gasteiger partial charge on any atom is -0.291 e. The number of hydrogen-bond acceptors (Lipinski definition) is 1. The summed E-state index contributed by atoms with van der Waals surface area (Å²) in [4.78, 5) is 11.0. The lowest BCUT2D eigenvalue weighted by molar-refractivity contribution is -0.141. The highest BCUT2D eigenvalue weighted by Crippen LogP contribution is 2.32. The van der Waals surface area contributed by atoms with Crippen LogP contribution < -0.4 is 0 Å². The zero-order valence-corrected chi connectivity index (χ0v) is 9.24. The molecule has 1 rings (SSSR count). The van der Waals surface area contributed by atoms with E-state index in [-0.39, 0.29) is 5.56 Å². The van der Waals surface area contributed by atoms with Crippen LogP contribution in [0.15, 0.2) is 18.2 Å². The van der Waals surface area contributed by atoms with Gasteiger partial charge in [0.15, 0.2) is 0 Å². The smallest absolute Gasteiger partial charge is 0.291 e. The lowest BCUT2D eigenvalue weighted by atomic mass is 9.96. The van der Waals surface area contributed by atoms with Crippen molar-refractivity contribution in [1.29, 1.82) is 0 Å². The second kappa shape index (κ2) is 4.27. The van der Waals surface area contributed by atoms with Gasteiger partial charge in [-0.2, -0.15) is 8.78 Å². The fraction of sp³-hybridized carbons (Fsp3) is 0.364. The molecule has 0 amide bonds. The highest BCUT2D eigenvalue weighted by Gasteiger charge is 2.40. The van der Waals surface area contributed by atoms with Crippen molar-refractivity contribution in [1.82, 2.24) is 0 Å². The van der Waals surface area contributed by atoms with Crippen molar-refractivity contribution in [3.63, 3.8) is 0 Å². The van der Waals surface area contributed by atoms with Crippen molar-refractivity contribution in [2.45, 2.75) is 19.8 Å². The molecule has 0 fully saturated rings. The zero-order valence-electron chi connectivity index (χ0n) is 8.48. The van der Waals surface area contributed by atoms with E-state index in [1.807, 2.05) is 0 Å². The van der Waals surface area contributed by atoms with E-state index in [2.05, 4.69) is 0 Å². The summed E-state index contributed by atoms with van der Waals surface area (Å²) < 4.78 is 27.1. The zero-order chi connectivity index (χ0) is 11.6. The number of carbonyl (C=O) groups is 1. The fourth-order valence-electron chi connectivity index (χ4n) is 1.33. The predicted molar refractivity (Wildman–Crippen MR) is 55.5 cm³/mol. The van der Waals surface area contributed by atoms with Gasteiger partial charge in [-0.25, -0.2) is 0 Å². The van der Waals surface area contributed by atoms with E-state index in [0.717, 1.165) is 5.56 Å². The van der Waals surface area contributed by atoms with Crippen LogP contribution in [0.4, 0.5) is 8.78 Å². The van der Waals surface area contributed by atoms with E-state index < -0.39 is 17.6 Å². The molecule has 0 atom stereocenters. The number of rotatable bonds is 3. The fourth-order valence-corrected chi connectivity index (χ4v) is 1.49. The molecule has 1 nitrogen and oxygen atoms in total. The van der Waals surface area contributed by atoms with Crippen molar-refractivity contribution < 1.29 is 13.6 Å². The topological polar surface area (TPSA) is 17.1 Å². The Labute approximate surface area is 92.1 Å². The third-order valence-electron chi connectivity index (χ3n) is 2.41. The maximum absolute atomic E-state index is 13.6. The summed E-state index contributed by atoms with van der Waals surface area (Å²) in [5.41, 5.74) is 0.906. The van der Waals surface area contributed by atoms with E-state index in [1.54, 1.807) is 19.9 Å². The molecular formula is C11H11ClF2O. The number of alkyl halides is 3. The largest absolute Gasteiger partial charge is 0.331 e. The molecular weight excluding hydrogens is 222 g/mol. The summed E-state index contributed by atoms with van der Waals surface area (Å²) >= 11 is 5.15. The van der Waals surface area contributed by atoms with Gasteiger partial charge in [-0.1, -0.05) is 18.2 Å². The molecule has 0 spiro atoms. The molecule has 0 bridgehead atoms. The van der Waals surface area contributed by atoms with Gasteiger partial charge in [0, 0.05) is 5.56 Å². The van der Waals surface area contributed by atoms with Crippen molar-refractivity contribution in [3.05, 3.63) is 34.9 Å². The maximum Gasteiger partial charge on any atom is 0.331 e. The van der Waals surface area contributed by atoms with Crippen LogP contribution in [0.5, 0.6) is 0 Å². The Morgan fingerprint density at radius 3 is 2.53 bits per heavy atom. The summed E-state index contributed by atoms with van der Waals surface area (Å²) in [7, 11) is 0. The molecule has 15 heavy (non-hydrogen) atoms. The van der Waals surface area contributed by atoms with Crippen LogP contribution in [0.25, 0.3) is 0 Å². The van der Waals surface area contributed by atoms with E-state index in [0.29, 0.717) is 5.56 Å². The lowest BCUT2D eigenvalue weighted by Crippen LogP contribution is -2.28. The summed E-state index contributed by atoms with van der Waals surface area (Å²) in [6.45, 7) is 3.29. The van der Waals surface area contributed by atoms with Crippen molar-refractivity contribution in [3.8, 4) is 0 Å². The molecule has 0 aliphatic carbocycles. The van der Waals surface area contributed by atoms with Crippen LogP contribution in [0.3, 0.4) is 0 Å². The first kappa shape index (κ1) is 12.1. The van der Waals surface area contributed by atoms with Crippen LogP contribution >= 0.6 is 11.6 Å². The summed E-state index contributed by atoms with van der Waals surface area (Å²) in [5, 5.41) is 0. The Balaban J connectivity index is 3.27. The minimum atomic E-state index is -3.49. The standard InChI is InChI=1S/C11H11ClF2O/c1-7-4-3-5-9(8(7)2)11(13,14)10(15)6-12/h3-5H,6H2,1-2H3. The average Bonchev–Trinajstić information content (AvgIpc) is 2.20. The van der Waals surface area contributed by atoms with Crippen LogP contribution in [0.2, 0.25) is 0 Å². The van der Waals surface area contributed by atoms with Crippen molar-refractivity contribution in [2.75, 3.05) is 5.88 Å².